The number of rotatable bonds is 2. The van der Waals surface area contributed by atoms with Gasteiger partial charge in [0.15, 0.2) is 0 Å². The van der Waals surface area contributed by atoms with Gasteiger partial charge in [-0.2, -0.15) is 26.3 Å². The fourth-order valence-electron chi connectivity index (χ4n) is 1.01. The van der Waals surface area contributed by atoms with Crippen molar-refractivity contribution in [2.24, 2.45) is 5.73 Å². The van der Waals surface area contributed by atoms with Crippen LogP contribution in [0.1, 0.15) is 28.9 Å². The zero-order chi connectivity index (χ0) is 13.4. The van der Waals surface area contributed by atoms with Crippen LogP contribution in [0.3, 0.4) is 0 Å². The first-order chi connectivity index (χ1) is 7.53. The van der Waals surface area contributed by atoms with Crippen LogP contribution >= 0.6 is 11.3 Å². The van der Waals surface area contributed by atoms with Gasteiger partial charge < -0.3 is 5.73 Å². The van der Waals surface area contributed by atoms with Crippen LogP contribution < -0.4 is 5.73 Å². The van der Waals surface area contributed by atoms with E-state index in [-0.39, 0.29) is 16.3 Å². The molecule has 2 N–H and O–H groups in total. The van der Waals surface area contributed by atoms with Crippen molar-refractivity contribution in [3.05, 3.63) is 10.0 Å². The summed E-state index contributed by atoms with van der Waals surface area (Å²) >= 11 is 0.216. The highest BCUT2D eigenvalue weighted by atomic mass is 32.1. The van der Waals surface area contributed by atoms with Gasteiger partial charge in [-0.25, -0.2) is 0 Å². The lowest BCUT2D eigenvalue weighted by atomic mass is 10.1. The molecule has 0 saturated carbocycles. The van der Waals surface area contributed by atoms with E-state index in [1.54, 1.807) is 0 Å². The van der Waals surface area contributed by atoms with Gasteiger partial charge in [0.05, 0.1) is 6.04 Å². The van der Waals surface area contributed by atoms with Crippen LogP contribution in [-0.2, 0) is 0 Å². The van der Waals surface area contributed by atoms with Gasteiger partial charge in [0.2, 0.25) is 5.92 Å². The molecule has 1 aromatic heterocycles. The molecule has 1 heterocycles. The Kier molecular flexibility index (Phi) is 3.67. The van der Waals surface area contributed by atoms with E-state index in [4.69, 9.17) is 5.73 Å². The number of hydrogen-bond acceptors (Lipinski definition) is 4. The third-order valence-electron chi connectivity index (χ3n) is 1.75. The zero-order valence-electron chi connectivity index (χ0n) is 8.30. The number of nitrogens with zero attached hydrogens (tertiary/aromatic N) is 2. The Balaban J connectivity index is 3.15. The number of hydrogen-bond donors (Lipinski definition) is 1. The molecule has 10 heteroatoms. The largest absolute Gasteiger partial charge is 0.406 e. The zero-order valence-corrected chi connectivity index (χ0v) is 9.12. The van der Waals surface area contributed by atoms with E-state index in [2.05, 4.69) is 10.2 Å². The Morgan fingerprint density at radius 1 is 1.00 bits per heavy atom. The van der Waals surface area contributed by atoms with Gasteiger partial charge in [-0.3, -0.25) is 0 Å². The second-order valence-corrected chi connectivity index (χ2v) is 4.32. The summed E-state index contributed by atoms with van der Waals surface area (Å²) < 4.78 is 73.8. The quantitative estimate of drug-likeness (QED) is 0.847. The summed E-state index contributed by atoms with van der Waals surface area (Å²) in [6.45, 7) is 1.39. The van der Waals surface area contributed by atoms with Crippen molar-refractivity contribution in [2.45, 2.75) is 31.2 Å². The average Bonchev–Trinajstić information content (AvgIpc) is 2.46. The second-order valence-electron chi connectivity index (χ2n) is 3.28. The van der Waals surface area contributed by atoms with E-state index in [1.807, 2.05) is 0 Å². The fourth-order valence-corrected chi connectivity index (χ4v) is 1.96. The normalized spacial score (nSPS) is 15.4. The highest BCUT2D eigenvalue weighted by Gasteiger charge is 2.59. The lowest BCUT2D eigenvalue weighted by Gasteiger charge is -2.20. The van der Waals surface area contributed by atoms with Gasteiger partial charge in [-0.1, -0.05) is 11.3 Å². The number of halogens is 6. The standard InChI is InChI=1S/C7H7F6N3S/c1-2(14)4-15-16-5(17-4)3(6(8,9)10)7(11,12)13/h2-3H,14H2,1H3. The van der Waals surface area contributed by atoms with Crippen LogP contribution in [0.15, 0.2) is 0 Å². The molecule has 0 fully saturated rings. The van der Waals surface area contributed by atoms with Crippen molar-refractivity contribution in [3.8, 4) is 0 Å². The van der Waals surface area contributed by atoms with Gasteiger partial charge in [-0.15, -0.1) is 10.2 Å². The monoisotopic (exact) mass is 279 g/mol. The van der Waals surface area contributed by atoms with Crippen molar-refractivity contribution in [3.63, 3.8) is 0 Å². The maximum absolute atomic E-state index is 12.3. The van der Waals surface area contributed by atoms with E-state index in [9.17, 15) is 26.3 Å². The van der Waals surface area contributed by atoms with Gasteiger partial charge in [-0.05, 0) is 6.92 Å². The van der Waals surface area contributed by atoms with Crippen LogP contribution in [0, 0.1) is 0 Å². The molecule has 0 aliphatic carbocycles. The van der Waals surface area contributed by atoms with E-state index in [0.29, 0.717) is 0 Å². The predicted octanol–water partition coefficient (Wildman–Crippen LogP) is 2.77. The highest BCUT2D eigenvalue weighted by molar-refractivity contribution is 7.11. The van der Waals surface area contributed by atoms with E-state index in [1.165, 1.54) is 6.92 Å². The van der Waals surface area contributed by atoms with Crippen molar-refractivity contribution < 1.29 is 26.3 Å². The third-order valence-corrected chi connectivity index (χ3v) is 2.94. The van der Waals surface area contributed by atoms with Gasteiger partial charge in [0, 0.05) is 0 Å². The van der Waals surface area contributed by atoms with Crippen LogP contribution in [-0.4, -0.2) is 22.5 Å². The number of nitrogens with two attached hydrogens (primary N) is 1. The minimum Gasteiger partial charge on any atom is -0.322 e. The fraction of sp³-hybridized carbons (Fsp3) is 0.714. The number of alkyl halides is 6. The summed E-state index contributed by atoms with van der Waals surface area (Å²) in [4.78, 5) is 0. The van der Waals surface area contributed by atoms with Crippen LogP contribution in [0.2, 0.25) is 0 Å². The molecule has 1 rings (SSSR count). The smallest absolute Gasteiger partial charge is 0.322 e. The maximum atomic E-state index is 12.3. The average molecular weight is 279 g/mol. The summed E-state index contributed by atoms with van der Waals surface area (Å²) in [5.41, 5.74) is 5.29. The molecular weight excluding hydrogens is 272 g/mol. The Labute approximate surface area is 95.6 Å². The molecule has 1 aromatic rings. The molecule has 0 spiro atoms. The predicted molar refractivity (Wildman–Crippen MR) is 47.4 cm³/mol. The molecule has 0 bridgehead atoms. The molecule has 0 amide bonds. The first-order valence-electron chi connectivity index (χ1n) is 4.25. The van der Waals surface area contributed by atoms with Gasteiger partial charge in [0.25, 0.3) is 0 Å². The van der Waals surface area contributed by atoms with Gasteiger partial charge >= 0.3 is 12.4 Å². The first kappa shape index (κ1) is 14.2. The molecule has 1 unspecified atom stereocenters. The van der Waals surface area contributed by atoms with Gasteiger partial charge in [0.1, 0.15) is 10.0 Å². The van der Waals surface area contributed by atoms with Crippen LogP contribution in [0.4, 0.5) is 26.3 Å². The summed E-state index contributed by atoms with van der Waals surface area (Å²) in [5, 5.41) is 4.91. The Hall–Kier alpha value is -0.900. The molecule has 0 aromatic carbocycles. The summed E-state index contributed by atoms with van der Waals surface area (Å²) in [7, 11) is 0. The minimum atomic E-state index is -5.45. The molecule has 0 aliphatic rings. The van der Waals surface area contributed by atoms with Crippen molar-refractivity contribution in [2.75, 3.05) is 0 Å². The first-order valence-corrected chi connectivity index (χ1v) is 5.07. The molecule has 98 valence electrons. The lowest BCUT2D eigenvalue weighted by Crippen LogP contribution is -2.34. The molecule has 3 nitrogen and oxygen atoms in total. The highest BCUT2D eigenvalue weighted by Crippen LogP contribution is 2.47. The van der Waals surface area contributed by atoms with Crippen molar-refractivity contribution in [1.82, 2.24) is 10.2 Å². The molecule has 0 saturated heterocycles. The summed E-state index contributed by atoms with van der Waals surface area (Å²) in [5.74, 6) is -3.61. The maximum Gasteiger partial charge on any atom is 0.406 e. The molecule has 0 aliphatic heterocycles. The minimum absolute atomic E-state index is 0.0708. The Bertz CT molecular complexity index is 368. The lowest BCUT2D eigenvalue weighted by molar-refractivity contribution is -0.253. The van der Waals surface area contributed by atoms with Crippen LogP contribution in [0.25, 0.3) is 0 Å². The topological polar surface area (TPSA) is 51.8 Å². The van der Waals surface area contributed by atoms with Crippen molar-refractivity contribution >= 4 is 11.3 Å². The van der Waals surface area contributed by atoms with E-state index in [0.717, 1.165) is 0 Å². The molecule has 1 atom stereocenters. The van der Waals surface area contributed by atoms with Crippen LogP contribution in [0.5, 0.6) is 0 Å². The molecule has 0 radical (unpaired) electrons. The van der Waals surface area contributed by atoms with E-state index < -0.39 is 29.3 Å². The number of aromatic nitrogens is 2. The Morgan fingerprint density at radius 2 is 1.41 bits per heavy atom. The second kappa shape index (κ2) is 4.41. The molecular formula is C7H7F6N3S. The summed E-state index contributed by atoms with van der Waals surface area (Å²) in [6, 6.07) is -0.761. The SMILES string of the molecule is CC(N)c1nnc(C(C(F)(F)F)C(F)(F)F)s1. The van der Waals surface area contributed by atoms with Crippen molar-refractivity contribution in [1.29, 1.82) is 0 Å². The van der Waals surface area contributed by atoms with E-state index >= 15 is 0 Å². The third kappa shape index (κ3) is 3.28. The Morgan fingerprint density at radius 3 is 1.71 bits per heavy atom. The molecule has 17 heavy (non-hydrogen) atoms. The summed E-state index contributed by atoms with van der Waals surface area (Å²) in [6.07, 6.45) is -10.9.